The summed E-state index contributed by atoms with van der Waals surface area (Å²) in [6.45, 7) is 3.91. The third kappa shape index (κ3) is 3.41. The van der Waals surface area contributed by atoms with Crippen LogP contribution in [0.2, 0.25) is 0 Å². The molecule has 0 amide bonds. The van der Waals surface area contributed by atoms with E-state index in [2.05, 4.69) is 22.4 Å². The van der Waals surface area contributed by atoms with Gasteiger partial charge in [-0.15, -0.1) is 23.3 Å². The zero-order valence-electron chi connectivity index (χ0n) is 18.0. The first-order valence-electron chi connectivity index (χ1n) is 10.3. The van der Waals surface area contributed by atoms with Gasteiger partial charge in [0.05, 0.1) is 11.6 Å². The second kappa shape index (κ2) is 8.06. The molecule has 0 unspecified atom stereocenters. The summed E-state index contributed by atoms with van der Waals surface area (Å²) >= 11 is 0. The molecule has 6 nitrogen and oxygen atoms in total. The fourth-order valence-corrected chi connectivity index (χ4v) is 4.00. The summed E-state index contributed by atoms with van der Waals surface area (Å²) in [6.07, 6.45) is 4.44. The molecular formula is C25H16F2N6Pt. The van der Waals surface area contributed by atoms with E-state index in [1.807, 2.05) is 26.0 Å². The van der Waals surface area contributed by atoms with E-state index in [0.29, 0.717) is 34.2 Å². The van der Waals surface area contributed by atoms with Gasteiger partial charge in [0.25, 0.3) is 0 Å². The topological polar surface area (TPSA) is 61.4 Å². The number of benzene rings is 1. The molecule has 0 saturated heterocycles. The van der Waals surface area contributed by atoms with Crippen LogP contribution >= 0.6 is 0 Å². The number of fused-ring (bicyclic) bond motifs is 13. The van der Waals surface area contributed by atoms with Gasteiger partial charge in [-0.25, -0.2) is 8.78 Å². The third-order valence-electron chi connectivity index (χ3n) is 5.86. The second-order valence-electron chi connectivity index (χ2n) is 8.29. The summed E-state index contributed by atoms with van der Waals surface area (Å²) in [5.74, 6) is 0.695. The van der Waals surface area contributed by atoms with Crippen LogP contribution in [-0.4, -0.2) is 29.1 Å². The molecule has 0 saturated carbocycles. The van der Waals surface area contributed by atoms with Crippen molar-refractivity contribution in [1.82, 2.24) is 29.1 Å². The summed E-state index contributed by atoms with van der Waals surface area (Å²) in [5.41, 5.74) is 2.28. The number of hydrogen-bond donors (Lipinski definition) is 0. The van der Waals surface area contributed by atoms with Crippen molar-refractivity contribution in [1.29, 1.82) is 0 Å². The summed E-state index contributed by atoms with van der Waals surface area (Å²) in [6, 6.07) is 17.8. The molecule has 1 aromatic carbocycles. The number of pyridine rings is 2. The average Bonchev–Trinajstić information content (AvgIpc) is 3.41. The van der Waals surface area contributed by atoms with Gasteiger partial charge in [-0.1, -0.05) is 36.4 Å². The molecule has 0 N–H and O–H groups in total. The summed E-state index contributed by atoms with van der Waals surface area (Å²) in [4.78, 5) is 17.5. The van der Waals surface area contributed by atoms with E-state index in [-0.39, 0.29) is 32.5 Å². The molecular weight excluding hydrogens is 617 g/mol. The molecule has 4 aromatic heterocycles. The fourth-order valence-electron chi connectivity index (χ4n) is 4.00. The minimum atomic E-state index is -0.754. The van der Waals surface area contributed by atoms with E-state index < -0.39 is 17.6 Å². The normalized spacial score (nSPS) is 13.3. The number of rotatable bonds is 0. The average molecular weight is 634 g/mol. The van der Waals surface area contributed by atoms with E-state index in [1.165, 1.54) is 9.13 Å². The molecule has 0 radical (unpaired) electrons. The SMILES string of the molecule is CC1(C)c2cccc(n2)-n2[c-]c(nc2F)-c2ccccc2-c2[c-]n(c(F)n2)-c2cccc1n2.[Pt+2]. The monoisotopic (exact) mass is 633 g/mol. The quantitative estimate of drug-likeness (QED) is 0.232. The van der Waals surface area contributed by atoms with Crippen molar-refractivity contribution < 1.29 is 29.8 Å². The number of nitrogens with zero attached hydrogens (tertiary/aromatic N) is 6. The van der Waals surface area contributed by atoms with Gasteiger partial charge < -0.3 is 9.13 Å². The largest absolute Gasteiger partial charge is 2.00 e. The summed E-state index contributed by atoms with van der Waals surface area (Å²) in [7, 11) is 0. The molecule has 170 valence electrons. The molecule has 0 atom stereocenters. The molecule has 1 aliphatic heterocycles. The molecule has 8 bridgehead atoms. The van der Waals surface area contributed by atoms with E-state index in [4.69, 9.17) is 9.97 Å². The van der Waals surface area contributed by atoms with Crippen molar-refractivity contribution in [3.8, 4) is 34.2 Å². The predicted molar refractivity (Wildman–Crippen MR) is 117 cm³/mol. The number of halogens is 2. The molecule has 0 fully saturated rings. The smallest absolute Gasteiger partial charge is 0.381 e. The minimum absolute atomic E-state index is 0. The Hall–Kier alpha value is -3.51. The third-order valence-corrected chi connectivity index (χ3v) is 5.86. The molecule has 6 rings (SSSR count). The maximum absolute atomic E-state index is 15.0. The van der Waals surface area contributed by atoms with Crippen molar-refractivity contribution >= 4 is 0 Å². The fraction of sp³-hybridized carbons (Fsp3) is 0.120. The van der Waals surface area contributed by atoms with Gasteiger partial charge in [0.1, 0.15) is 0 Å². The van der Waals surface area contributed by atoms with E-state index >= 15 is 0 Å². The Morgan fingerprint density at radius 3 is 1.53 bits per heavy atom. The van der Waals surface area contributed by atoms with Crippen LogP contribution in [-0.2, 0) is 26.5 Å². The van der Waals surface area contributed by atoms with Gasteiger partial charge >= 0.3 is 21.1 Å². The Balaban J connectivity index is 0.00000241. The number of hydrogen-bond acceptors (Lipinski definition) is 4. The first-order chi connectivity index (χ1) is 15.9. The van der Waals surface area contributed by atoms with Crippen molar-refractivity contribution in [2.75, 3.05) is 0 Å². The summed E-state index contributed by atoms with van der Waals surface area (Å²) < 4.78 is 32.3. The standard InChI is InChI=1S/C25H16F2N6.Pt/c1-25(2)19-9-5-11-21(30-19)32-13-17(28-23(32)26)15-7-3-4-8-16(15)18-14-33(24(27)29-18)22-12-6-10-20(25)31-22;/h3-12H,1-2H3;/q-2;+2. The maximum Gasteiger partial charge on any atom is 2.00 e. The van der Waals surface area contributed by atoms with Gasteiger partial charge in [-0.3, -0.25) is 19.9 Å². The van der Waals surface area contributed by atoms with E-state index in [9.17, 15) is 8.78 Å². The van der Waals surface area contributed by atoms with Crippen LogP contribution in [0.3, 0.4) is 0 Å². The first kappa shape index (κ1) is 22.3. The zero-order valence-corrected chi connectivity index (χ0v) is 20.3. The van der Waals surface area contributed by atoms with Crippen LogP contribution in [0.15, 0.2) is 60.7 Å². The molecule has 0 spiro atoms. The van der Waals surface area contributed by atoms with Crippen molar-refractivity contribution in [3.63, 3.8) is 0 Å². The molecule has 0 aliphatic carbocycles. The van der Waals surface area contributed by atoms with Crippen LogP contribution in [0.4, 0.5) is 8.78 Å². The van der Waals surface area contributed by atoms with Gasteiger partial charge in [-0.2, -0.15) is 0 Å². The van der Waals surface area contributed by atoms with Crippen molar-refractivity contribution in [2.45, 2.75) is 19.3 Å². The Bertz CT molecular complexity index is 1430. The molecule has 9 heteroatoms. The Kier molecular flexibility index (Phi) is 5.28. The van der Waals surface area contributed by atoms with Crippen molar-refractivity contribution in [2.24, 2.45) is 0 Å². The second-order valence-corrected chi connectivity index (χ2v) is 8.29. The molecule has 34 heavy (non-hydrogen) atoms. The Morgan fingerprint density at radius 2 is 1.09 bits per heavy atom. The number of aromatic nitrogens is 6. The van der Waals surface area contributed by atoms with Crippen molar-refractivity contribution in [3.05, 3.63) is 96.6 Å². The van der Waals surface area contributed by atoms with Gasteiger partial charge in [0, 0.05) is 16.8 Å². The predicted octanol–water partition coefficient (Wildman–Crippen LogP) is 4.70. The van der Waals surface area contributed by atoms with Crippen LogP contribution in [0.1, 0.15) is 25.2 Å². The first-order valence-corrected chi connectivity index (χ1v) is 10.3. The molecule has 1 aliphatic rings. The number of imidazole rings is 2. The summed E-state index contributed by atoms with van der Waals surface area (Å²) in [5, 5.41) is 0. The van der Waals surface area contributed by atoms with Crippen LogP contribution in [0.5, 0.6) is 0 Å². The van der Waals surface area contributed by atoms with E-state index in [0.717, 1.165) is 0 Å². The van der Waals surface area contributed by atoms with Crippen LogP contribution < -0.4 is 0 Å². The Labute approximate surface area is 208 Å². The molecule has 5 heterocycles. The van der Waals surface area contributed by atoms with E-state index in [1.54, 1.807) is 48.5 Å². The van der Waals surface area contributed by atoms with Crippen LogP contribution in [0, 0.1) is 24.6 Å². The minimum Gasteiger partial charge on any atom is -0.381 e. The zero-order chi connectivity index (χ0) is 22.7. The van der Waals surface area contributed by atoms with Gasteiger partial charge in [0.15, 0.2) is 0 Å². The molecule has 5 aromatic rings. The maximum atomic E-state index is 15.0. The van der Waals surface area contributed by atoms with Crippen LogP contribution in [0.25, 0.3) is 34.2 Å². The van der Waals surface area contributed by atoms with Gasteiger partial charge in [0.2, 0.25) is 12.2 Å². The Morgan fingerprint density at radius 1 is 0.647 bits per heavy atom. The van der Waals surface area contributed by atoms with Gasteiger partial charge in [-0.05, 0) is 49.8 Å².